The smallest absolute Gasteiger partial charge is 0.244 e. The first-order valence-corrected chi connectivity index (χ1v) is 10.7. The van der Waals surface area contributed by atoms with E-state index >= 15 is 0 Å². The molecule has 0 amide bonds. The Morgan fingerprint density at radius 1 is 1.03 bits per heavy atom. The highest BCUT2D eigenvalue weighted by Crippen LogP contribution is 2.46. The van der Waals surface area contributed by atoms with Gasteiger partial charge in [-0.1, -0.05) is 54.6 Å². The quantitative estimate of drug-likeness (QED) is 0.434. The number of allylic oxidation sites excluding steroid dienone is 1. The molecule has 3 N–H and O–H groups in total. The second-order valence-corrected chi connectivity index (χ2v) is 7.82. The second-order valence-electron chi connectivity index (χ2n) is 7.82. The van der Waals surface area contributed by atoms with Gasteiger partial charge in [-0.25, -0.2) is 0 Å². The SMILES string of the molecule is COc1cccc(-c2[nH]nc3c2[C@H](c2ccc(OCc4ccccc4)cc2)C(C#N)=C(N)O3)c1. The van der Waals surface area contributed by atoms with E-state index in [1.54, 1.807) is 7.11 Å². The van der Waals surface area contributed by atoms with Gasteiger partial charge < -0.3 is 19.9 Å². The first kappa shape index (κ1) is 21.2. The lowest BCUT2D eigenvalue weighted by molar-refractivity contribution is 0.306. The Bertz CT molecular complexity index is 1390. The summed E-state index contributed by atoms with van der Waals surface area (Å²) in [7, 11) is 1.62. The van der Waals surface area contributed by atoms with E-state index < -0.39 is 5.92 Å². The predicted molar refractivity (Wildman–Crippen MR) is 127 cm³/mol. The summed E-state index contributed by atoms with van der Waals surface area (Å²) in [6.45, 7) is 0.472. The minimum atomic E-state index is -0.447. The number of hydrogen-bond donors (Lipinski definition) is 2. The van der Waals surface area contributed by atoms with Gasteiger partial charge in [0, 0.05) is 5.56 Å². The van der Waals surface area contributed by atoms with Crippen molar-refractivity contribution in [3.8, 4) is 34.7 Å². The van der Waals surface area contributed by atoms with E-state index in [1.165, 1.54) is 0 Å². The maximum Gasteiger partial charge on any atom is 0.244 e. The number of aromatic amines is 1. The number of nitriles is 1. The lowest BCUT2D eigenvalue weighted by atomic mass is 9.83. The van der Waals surface area contributed by atoms with Crippen LogP contribution in [0, 0.1) is 11.3 Å². The van der Waals surface area contributed by atoms with E-state index in [0.29, 0.717) is 23.8 Å². The number of rotatable bonds is 6. The molecule has 34 heavy (non-hydrogen) atoms. The zero-order valence-electron chi connectivity index (χ0n) is 18.5. The number of ether oxygens (including phenoxy) is 3. The number of methoxy groups -OCH3 is 1. The first-order valence-electron chi connectivity index (χ1n) is 10.7. The van der Waals surface area contributed by atoms with E-state index in [-0.39, 0.29) is 5.88 Å². The number of nitrogens with one attached hydrogen (secondary N) is 1. The lowest BCUT2D eigenvalue weighted by Gasteiger charge is -2.24. The molecule has 7 nitrogen and oxygen atoms in total. The van der Waals surface area contributed by atoms with Gasteiger partial charge in [-0.15, -0.1) is 5.10 Å². The van der Waals surface area contributed by atoms with Gasteiger partial charge >= 0.3 is 0 Å². The van der Waals surface area contributed by atoms with Gasteiger partial charge in [0.1, 0.15) is 29.7 Å². The molecule has 1 aliphatic rings. The highest BCUT2D eigenvalue weighted by molar-refractivity contribution is 5.71. The molecule has 0 radical (unpaired) electrons. The molecular formula is C27H22N4O3. The van der Waals surface area contributed by atoms with Crippen LogP contribution >= 0.6 is 0 Å². The molecule has 0 spiro atoms. The summed E-state index contributed by atoms with van der Waals surface area (Å²) in [5.41, 5.74) is 10.7. The average molecular weight is 450 g/mol. The Hall–Kier alpha value is -4.70. The molecule has 5 rings (SSSR count). The van der Waals surface area contributed by atoms with Gasteiger partial charge in [0.25, 0.3) is 0 Å². The highest BCUT2D eigenvalue weighted by Gasteiger charge is 2.35. The predicted octanol–water partition coefficient (Wildman–Crippen LogP) is 4.88. The zero-order valence-corrected chi connectivity index (χ0v) is 18.5. The van der Waals surface area contributed by atoms with Crippen molar-refractivity contribution in [2.24, 2.45) is 5.73 Å². The molecule has 1 aliphatic heterocycles. The minimum absolute atomic E-state index is 0.0492. The number of hydrogen-bond acceptors (Lipinski definition) is 6. The van der Waals surface area contributed by atoms with Crippen molar-refractivity contribution in [3.63, 3.8) is 0 Å². The Kier molecular flexibility index (Phi) is 5.63. The fourth-order valence-corrected chi connectivity index (χ4v) is 4.07. The number of H-pyrrole nitrogens is 1. The summed E-state index contributed by atoms with van der Waals surface area (Å²) in [6.07, 6.45) is 0. The zero-order chi connectivity index (χ0) is 23.5. The maximum absolute atomic E-state index is 9.92. The molecule has 168 valence electrons. The number of nitrogens with two attached hydrogens (primary N) is 1. The molecule has 0 bridgehead atoms. The van der Waals surface area contributed by atoms with Gasteiger partial charge in [0.05, 0.1) is 24.3 Å². The van der Waals surface area contributed by atoms with Gasteiger partial charge in [0.15, 0.2) is 0 Å². The largest absolute Gasteiger partial charge is 0.497 e. The van der Waals surface area contributed by atoms with Crippen molar-refractivity contribution in [3.05, 3.63) is 107 Å². The van der Waals surface area contributed by atoms with Crippen LogP contribution in [0.2, 0.25) is 0 Å². The molecule has 0 aliphatic carbocycles. The topological polar surface area (TPSA) is 106 Å². The van der Waals surface area contributed by atoms with Crippen molar-refractivity contribution in [1.29, 1.82) is 5.26 Å². The lowest BCUT2D eigenvalue weighted by Crippen LogP contribution is -2.21. The Labute approximate surface area is 197 Å². The molecule has 0 unspecified atom stereocenters. The Morgan fingerprint density at radius 3 is 2.56 bits per heavy atom. The molecular weight excluding hydrogens is 428 g/mol. The third-order valence-electron chi connectivity index (χ3n) is 5.76. The molecule has 1 atom stereocenters. The van der Waals surface area contributed by atoms with Gasteiger partial charge in [-0.3, -0.25) is 5.10 Å². The summed E-state index contributed by atoms with van der Waals surface area (Å²) in [5, 5.41) is 17.3. The van der Waals surface area contributed by atoms with Crippen LogP contribution < -0.4 is 19.9 Å². The van der Waals surface area contributed by atoms with Gasteiger partial charge in [-0.05, 0) is 35.4 Å². The number of aromatic nitrogens is 2. The summed E-state index contributed by atoms with van der Waals surface area (Å²) in [6, 6.07) is 27.5. The monoisotopic (exact) mass is 450 g/mol. The Morgan fingerprint density at radius 2 is 1.82 bits per heavy atom. The Balaban J connectivity index is 1.51. The third kappa shape index (κ3) is 3.93. The fourth-order valence-electron chi connectivity index (χ4n) is 4.07. The van der Waals surface area contributed by atoms with Gasteiger partial charge in [0.2, 0.25) is 11.8 Å². The molecule has 1 aromatic heterocycles. The highest BCUT2D eigenvalue weighted by atomic mass is 16.5. The second kappa shape index (κ2) is 9.04. The summed E-state index contributed by atoms with van der Waals surface area (Å²) >= 11 is 0. The fraction of sp³-hybridized carbons (Fsp3) is 0.111. The van der Waals surface area contributed by atoms with Crippen molar-refractivity contribution < 1.29 is 14.2 Å². The van der Waals surface area contributed by atoms with E-state index in [0.717, 1.165) is 33.7 Å². The van der Waals surface area contributed by atoms with Crippen LogP contribution in [-0.4, -0.2) is 17.3 Å². The molecule has 0 fully saturated rings. The van der Waals surface area contributed by atoms with Crippen LogP contribution in [0.4, 0.5) is 0 Å². The van der Waals surface area contributed by atoms with Crippen molar-refractivity contribution in [2.75, 3.05) is 7.11 Å². The van der Waals surface area contributed by atoms with Crippen molar-refractivity contribution in [1.82, 2.24) is 10.2 Å². The van der Waals surface area contributed by atoms with Crippen molar-refractivity contribution >= 4 is 0 Å². The van der Waals surface area contributed by atoms with Crippen LogP contribution in [0.3, 0.4) is 0 Å². The summed E-state index contributed by atoms with van der Waals surface area (Å²) in [4.78, 5) is 0. The van der Waals surface area contributed by atoms with Crippen LogP contribution in [0.15, 0.2) is 90.3 Å². The maximum atomic E-state index is 9.92. The van der Waals surface area contributed by atoms with Crippen LogP contribution in [0.5, 0.6) is 17.4 Å². The molecule has 4 aromatic rings. The first-order chi connectivity index (χ1) is 16.7. The average Bonchev–Trinajstić information content (AvgIpc) is 3.31. The van der Waals surface area contributed by atoms with E-state index in [4.69, 9.17) is 19.9 Å². The third-order valence-corrected chi connectivity index (χ3v) is 5.76. The van der Waals surface area contributed by atoms with E-state index in [9.17, 15) is 5.26 Å². The van der Waals surface area contributed by atoms with Crippen LogP contribution in [0.1, 0.15) is 22.6 Å². The summed E-state index contributed by atoms with van der Waals surface area (Å²) in [5.74, 6) is 1.40. The van der Waals surface area contributed by atoms with Crippen LogP contribution in [-0.2, 0) is 6.61 Å². The molecule has 3 aromatic carbocycles. The van der Waals surface area contributed by atoms with Gasteiger partial charge in [-0.2, -0.15) is 5.26 Å². The number of nitrogens with zero attached hydrogens (tertiary/aromatic N) is 2. The molecule has 7 heteroatoms. The normalized spacial score (nSPS) is 14.6. The van der Waals surface area contributed by atoms with E-state index in [1.807, 2.05) is 78.9 Å². The summed E-state index contributed by atoms with van der Waals surface area (Å²) < 4.78 is 17.0. The number of fused-ring (bicyclic) bond motifs is 1. The standard InChI is InChI=1S/C27H22N4O3/c1-32-21-9-5-8-19(14-21)25-24-23(22(15-28)26(29)34-27(24)31-30-25)18-10-12-20(13-11-18)33-16-17-6-3-2-4-7-17/h2-14,23H,16,29H2,1H3,(H,30,31)/t23-/m1/s1. The molecule has 0 saturated carbocycles. The van der Waals surface area contributed by atoms with Crippen molar-refractivity contribution in [2.45, 2.75) is 12.5 Å². The molecule has 0 saturated heterocycles. The minimum Gasteiger partial charge on any atom is -0.497 e. The van der Waals surface area contributed by atoms with E-state index in [2.05, 4.69) is 16.3 Å². The number of benzene rings is 3. The van der Waals surface area contributed by atoms with Crippen LogP contribution in [0.25, 0.3) is 11.3 Å². The molecule has 2 heterocycles.